The van der Waals surface area contributed by atoms with Crippen LogP contribution in [0, 0.1) is 0 Å². The maximum absolute atomic E-state index is 12.9. The summed E-state index contributed by atoms with van der Waals surface area (Å²) in [7, 11) is 3.70. The van der Waals surface area contributed by atoms with Crippen LogP contribution in [0.15, 0.2) is 30.3 Å². The number of likely N-dealkylation sites (N-methyl/N-ethyl adjacent to an activating group) is 1. The number of methoxy groups -OCH3 is 1. The Kier molecular flexibility index (Phi) is 5.52. The van der Waals surface area contributed by atoms with E-state index in [1.54, 1.807) is 11.8 Å². The van der Waals surface area contributed by atoms with Crippen LogP contribution in [0.25, 0.3) is 5.69 Å². The molecule has 1 fully saturated rings. The number of hydrogen-bond donors (Lipinski definition) is 0. The Morgan fingerprint density at radius 3 is 2.66 bits per heavy atom. The summed E-state index contributed by atoms with van der Waals surface area (Å²) in [6.07, 6.45) is 4.18. The van der Waals surface area contributed by atoms with Crippen LogP contribution in [-0.2, 0) is 6.42 Å². The molecule has 1 saturated heterocycles. The molecule has 1 atom stereocenters. The number of benzene rings is 2. The molecule has 1 aromatic heterocycles. The molecule has 2 aromatic carbocycles. The summed E-state index contributed by atoms with van der Waals surface area (Å²) in [4.78, 5) is 17.0. The zero-order valence-corrected chi connectivity index (χ0v) is 19.9. The van der Waals surface area contributed by atoms with Crippen molar-refractivity contribution >= 4 is 5.91 Å². The summed E-state index contributed by atoms with van der Waals surface area (Å²) in [5, 5.41) is 12.7. The van der Waals surface area contributed by atoms with Crippen molar-refractivity contribution in [1.29, 1.82) is 0 Å². The Morgan fingerprint density at radius 1 is 1.09 bits per heavy atom. The lowest BCUT2D eigenvalue weighted by Crippen LogP contribution is -2.35. The summed E-state index contributed by atoms with van der Waals surface area (Å²) < 4.78 is 18.9. The van der Waals surface area contributed by atoms with Gasteiger partial charge in [-0.05, 0) is 79.1 Å². The topological polar surface area (TPSA) is 94.8 Å². The first-order valence-corrected chi connectivity index (χ1v) is 12.0. The summed E-state index contributed by atoms with van der Waals surface area (Å²) in [6, 6.07) is 9.31. The maximum atomic E-state index is 12.9. The van der Waals surface area contributed by atoms with Crippen LogP contribution in [0.1, 0.15) is 52.6 Å². The van der Waals surface area contributed by atoms with Gasteiger partial charge in [0.25, 0.3) is 5.91 Å². The predicted molar refractivity (Wildman–Crippen MR) is 126 cm³/mol. The number of carbonyl (C=O) groups is 1. The van der Waals surface area contributed by atoms with E-state index in [0.717, 1.165) is 55.7 Å². The molecule has 1 amide bonds. The minimum atomic E-state index is -0.243. The summed E-state index contributed by atoms with van der Waals surface area (Å²) in [5.74, 6) is 2.72. The third-order valence-electron chi connectivity index (χ3n) is 7.14. The summed E-state index contributed by atoms with van der Waals surface area (Å²) >= 11 is 0. The average molecular weight is 477 g/mol. The van der Waals surface area contributed by atoms with Crippen LogP contribution in [0.3, 0.4) is 0 Å². The fourth-order valence-corrected chi connectivity index (χ4v) is 5.33. The molecule has 6 rings (SSSR count). The van der Waals surface area contributed by atoms with Gasteiger partial charge in [0, 0.05) is 30.8 Å². The Hall–Kier alpha value is -3.66. The Morgan fingerprint density at radius 2 is 1.89 bits per heavy atom. The minimum absolute atomic E-state index is 0.0786. The van der Waals surface area contributed by atoms with Crippen molar-refractivity contribution in [2.24, 2.45) is 0 Å². The Balaban J connectivity index is 1.36. The third-order valence-corrected chi connectivity index (χ3v) is 7.14. The van der Waals surface area contributed by atoms with Gasteiger partial charge in [0.1, 0.15) is 6.04 Å². The van der Waals surface area contributed by atoms with E-state index in [2.05, 4.69) is 27.5 Å². The summed E-state index contributed by atoms with van der Waals surface area (Å²) in [5.41, 5.74) is 3.59. The Labute approximate surface area is 203 Å². The standard InChI is InChI=1S/C25H28N6O4/c1-29-13-10-17-14-19-22(35-15-34-19)23(33-2)20(17)21(29)24-26-27-28-31(24)18-8-6-16(7-9-18)25(32)30-11-4-3-5-12-30/h6-9,14,21H,3-5,10-13,15H2,1-2H3/t21-/m1/s1. The van der Waals surface area contributed by atoms with Gasteiger partial charge in [0.15, 0.2) is 17.3 Å². The summed E-state index contributed by atoms with van der Waals surface area (Å²) in [6.45, 7) is 2.66. The SMILES string of the molecule is COc1c2c(cc3c1[C@H](c1nnnn1-c1ccc(C(=O)N4CCCCC4)cc1)N(C)CC3)OCO2. The fraction of sp³-hybridized carbons (Fsp3) is 0.440. The van der Waals surface area contributed by atoms with Gasteiger partial charge in [0.05, 0.1) is 12.8 Å². The molecule has 182 valence electrons. The first-order chi connectivity index (χ1) is 17.2. The average Bonchev–Trinajstić information content (AvgIpc) is 3.57. The quantitative estimate of drug-likeness (QED) is 0.567. The number of rotatable bonds is 4. The largest absolute Gasteiger partial charge is 0.492 e. The zero-order valence-electron chi connectivity index (χ0n) is 19.9. The first kappa shape index (κ1) is 21.8. The van der Waals surface area contributed by atoms with E-state index in [-0.39, 0.29) is 18.7 Å². The monoisotopic (exact) mass is 476 g/mol. The van der Waals surface area contributed by atoms with Gasteiger partial charge < -0.3 is 19.1 Å². The molecular formula is C25H28N6O4. The second-order valence-electron chi connectivity index (χ2n) is 9.20. The number of nitrogens with zero attached hydrogens (tertiary/aromatic N) is 6. The molecule has 0 bridgehead atoms. The van der Waals surface area contributed by atoms with Crippen molar-refractivity contribution in [3.63, 3.8) is 0 Å². The van der Waals surface area contributed by atoms with Crippen molar-refractivity contribution in [3.8, 4) is 22.9 Å². The lowest BCUT2D eigenvalue weighted by Gasteiger charge is -2.34. The molecule has 0 unspecified atom stereocenters. The van der Waals surface area contributed by atoms with Crippen molar-refractivity contribution in [3.05, 3.63) is 52.8 Å². The number of piperidine rings is 1. The number of hydrogen-bond acceptors (Lipinski definition) is 8. The molecule has 3 aliphatic rings. The number of fused-ring (bicyclic) bond motifs is 2. The normalized spacial score (nSPS) is 19.5. The fourth-order valence-electron chi connectivity index (χ4n) is 5.33. The number of aromatic nitrogens is 4. The number of amides is 1. The van der Waals surface area contributed by atoms with Crippen molar-refractivity contribution in [2.45, 2.75) is 31.7 Å². The molecule has 10 nitrogen and oxygen atoms in total. The molecule has 3 aromatic rings. The number of likely N-dealkylation sites (tertiary alicyclic amines) is 1. The van der Waals surface area contributed by atoms with Gasteiger partial charge in [-0.25, -0.2) is 0 Å². The first-order valence-electron chi connectivity index (χ1n) is 12.0. The van der Waals surface area contributed by atoms with Crippen LogP contribution in [0.4, 0.5) is 0 Å². The van der Waals surface area contributed by atoms with Crippen molar-refractivity contribution < 1.29 is 19.0 Å². The van der Waals surface area contributed by atoms with E-state index in [9.17, 15) is 4.79 Å². The molecule has 35 heavy (non-hydrogen) atoms. The minimum Gasteiger partial charge on any atom is -0.492 e. The molecule has 4 heterocycles. The lowest BCUT2D eigenvalue weighted by molar-refractivity contribution is 0.0724. The van der Waals surface area contributed by atoms with Crippen LogP contribution in [-0.4, -0.2) is 76.5 Å². The van der Waals surface area contributed by atoms with E-state index >= 15 is 0 Å². The van der Waals surface area contributed by atoms with Gasteiger partial charge >= 0.3 is 0 Å². The van der Waals surface area contributed by atoms with Crippen LogP contribution in [0.5, 0.6) is 17.2 Å². The van der Waals surface area contributed by atoms with Gasteiger partial charge in [-0.3, -0.25) is 9.69 Å². The van der Waals surface area contributed by atoms with Crippen LogP contribution in [0.2, 0.25) is 0 Å². The molecule has 0 N–H and O–H groups in total. The lowest BCUT2D eigenvalue weighted by atomic mass is 9.90. The van der Waals surface area contributed by atoms with E-state index < -0.39 is 0 Å². The third kappa shape index (κ3) is 3.68. The van der Waals surface area contributed by atoms with Gasteiger partial charge in [-0.2, -0.15) is 4.68 Å². The highest BCUT2D eigenvalue weighted by molar-refractivity contribution is 5.94. The molecule has 0 spiro atoms. The second kappa shape index (κ2) is 8.84. The van der Waals surface area contributed by atoms with Crippen LogP contribution < -0.4 is 14.2 Å². The van der Waals surface area contributed by atoms with E-state index in [1.807, 2.05) is 35.2 Å². The number of carbonyl (C=O) groups excluding carboxylic acids is 1. The molecule has 10 heteroatoms. The highest BCUT2D eigenvalue weighted by Gasteiger charge is 2.37. The van der Waals surface area contributed by atoms with Crippen molar-refractivity contribution in [2.75, 3.05) is 40.6 Å². The van der Waals surface area contributed by atoms with Gasteiger partial charge in [0.2, 0.25) is 12.5 Å². The molecule has 3 aliphatic heterocycles. The molecule has 0 aliphatic carbocycles. The smallest absolute Gasteiger partial charge is 0.253 e. The van der Waals surface area contributed by atoms with Gasteiger partial charge in [-0.1, -0.05) is 0 Å². The highest BCUT2D eigenvalue weighted by Crippen LogP contribution is 2.50. The van der Waals surface area contributed by atoms with Gasteiger partial charge in [-0.15, -0.1) is 5.10 Å². The van der Waals surface area contributed by atoms with E-state index in [1.165, 1.54) is 6.42 Å². The number of tetrazole rings is 1. The van der Waals surface area contributed by atoms with E-state index in [0.29, 0.717) is 28.6 Å². The maximum Gasteiger partial charge on any atom is 0.253 e. The zero-order chi connectivity index (χ0) is 23.9. The predicted octanol–water partition coefficient (Wildman–Crippen LogP) is 2.60. The highest BCUT2D eigenvalue weighted by atomic mass is 16.7. The second-order valence-corrected chi connectivity index (χ2v) is 9.20. The molecule has 0 radical (unpaired) electrons. The van der Waals surface area contributed by atoms with Crippen molar-refractivity contribution in [1.82, 2.24) is 30.0 Å². The number of ether oxygens (including phenoxy) is 3. The molecule has 0 saturated carbocycles. The van der Waals surface area contributed by atoms with E-state index in [4.69, 9.17) is 14.2 Å². The molecular weight excluding hydrogens is 448 g/mol. The van der Waals surface area contributed by atoms with Crippen LogP contribution >= 0.6 is 0 Å². The Bertz CT molecular complexity index is 1250.